The highest BCUT2D eigenvalue weighted by atomic mass is 16.5. The van der Waals surface area contributed by atoms with Crippen molar-refractivity contribution in [1.82, 2.24) is 10.1 Å². The van der Waals surface area contributed by atoms with Gasteiger partial charge in [-0.3, -0.25) is 0 Å². The lowest BCUT2D eigenvalue weighted by Crippen LogP contribution is -2.35. The molecule has 0 aliphatic heterocycles. The third-order valence-corrected chi connectivity index (χ3v) is 4.12. The number of benzene rings is 2. The second kappa shape index (κ2) is 5.30. The van der Waals surface area contributed by atoms with Gasteiger partial charge in [0.05, 0.1) is 5.54 Å². The molecule has 3 aromatic rings. The van der Waals surface area contributed by atoms with Crippen LogP contribution in [-0.4, -0.2) is 10.1 Å². The Morgan fingerprint density at radius 1 is 1.05 bits per heavy atom. The largest absolute Gasteiger partial charge is 0.337 e. The fourth-order valence-electron chi connectivity index (χ4n) is 2.42. The van der Waals surface area contributed by atoms with Gasteiger partial charge < -0.3 is 10.3 Å². The molecule has 1 aromatic heterocycles. The number of nitrogens with two attached hydrogens (primary N) is 1. The SMILES string of the molecule is CCC(N)(CC)c1nc(-c2ccc3ccccc3c2)no1. The van der Waals surface area contributed by atoms with E-state index in [-0.39, 0.29) is 0 Å². The van der Waals surface area contributed by atoms with Crippen molar-refractivity contribution < 1.29 is 4.52 Å². The molecule has 0 bridgehead atoms. The van der Waals surface area contributed by atoms with Gasteiger partial charge in [0.25, 0.3) is 0 Å². The van der Waals surface area contributed by atoms with E-state index in [1.165, 1.54) is 5.39 Å². The Hall–Kier alpha value is -2.20. The first-order chi connectivity index (χ1) is 10.2. The maximum absolute atomic E-state index is 6.30. The topological polar surface area (TPSA) is 64.9 Å². The molecule has 2 aromatic carbocycles. The molecule has 0 aliphatic carbocycles. The zero-order valence-electron chi connectivity index (χ0n) is 12.3. The Morgan fingerprint density at radius 3 is 2.48 bits per heavy atom. The van der Waals surface area contributed by atoms with Crippen molar-refractivity contribution in [3.63, 3.8) is 0 Å². The monoisotopic (exact) mass is 281 g/mol. The highest BCUT2D eigenvalue weighted by Gasteiger charge is 2.30. The molecule has 0 unspecified atom stereocenters. The first kappa shape index (κ1) is 13.8. The van der Waals surface area contributed by atoms with Crippen LogP contribution in [0.5, 0.6) is 0 Å². The minimum absolute atomic E-state index is 0.510. The molecule has 0 atom stereocenters. The predicted octanol–water partition coefficient (Wildman–Crippen LogP) is 3.86. The zero-order valence-corrected chi connectivity index (χ0v) is 12.3. The second-order valence-electron chi connectivity index (χ2n) is 5.35. The maximum Gasteiger partial charge on any atom is 0.247 e. The Labute approximate surface area is 124 Å². The summed E-state index contributed by atoms with van der Waals surface area (Å²) in [7, 11) is 0. The smallest absolute Gasteiger partial charge is 0.247 e. The fourth-order valence-corrected chi connectivity index (χ4v) is 2.42. The summed E-state index contributed by atoms with van der Waals surface area (Å²) in [4.78, 5) is 4.50. The van der Waals surface area contributed by atoms with E-state index in [1.807, 2.05) is 32.0 Å². The molecule has 0 spiro atoms. The first-order valence-electron chi connectivity index (χ1n) is 7.28. The summed E-state index contributed by atoms with van der Waals surface area (Å²) >= 11 is 0. The number of hydrogen-bond acceptors (Lipinski definition) is 4. The third kappa shape index (κ3) is 2.43. The summed E-state index contributed by atoms with van der Waals surface area (Å²) in [5.41, 5.74) is 6.71. The molecule has 0 aliphatic rings. The summed E-state index contributed by atoms with van der Waals surface area (Å²) in [5, 5.41) is 6.44. The minimum atomic E-state index is -0.540. The van der Waals surface area contributed by atoms with Crippen molar-refractivity contribution in [2.75, 3.05) is 0 Å². The highest BCUT2D eigenvalue weighted by molar-refractivity contribution is 5.86. The van der Waals surface area contributed by atoms with Gasteiger partial charge in [-0.15, -0.1) is 0 Å². The molecule has 2 N–H and O–H groups in total. The summed E-state index contributed by atoms with van der Waals surface area (Å²) in [6.45, 7) is 4.06. The molecule has 21 heavy (non-hydrogen) atoms. The normalized spacial score (nSPS) is 12.0. The van der Waals surface area contributed by atoms with Gasteiger partial charge in [-0.1, -0.05) is 55.4 Å². The summed E-state index contributed by atoms with van der Waals surface area (Å²) in [6.07, 6.45) is 1.53. The summed E-state index contributed by atoms with van der Waals surface area (Å²) in [5.74, 6) is 1.10. The number of rotatable bonds is 4. The van der Waals surface area contributed by atoms with Crippen molar-refractivity contribution in [2.45, 2.75) is 32.2 Å². The Kier molecular flexibility index (Phi) is 3.47. The lowest BCUT2D eigenvalue weighted by molar-refractivity contribution is 0.268. The van der Waals surface area contributed by atoms with Crippen LogP contribution >= 0.6 is 0 Å². The van der Waals surface area contributed by atoms with Crippen LogP contribution in [0, 0.1) is 0 Å². The molecule has 4 heteroatoms. The average molecular weight is 281 g/mol. The first-order valence-corrected chi connectivity index (χ1v) is 7.28. The Balaban J connectivity index is 2.01. The van der Waals surface area contributed by atoms with Crippen molar-refractivity contribution in [2.24, 2.45) is 5.73 Å². The van der Waals surface area contributed by atoms with Gasteiger partial charge in [0, 0.05) is 5.56 Å². The van der Waals surface area contributed by atoms with Crippen LogP contribution in [0.4, 0.5) is 0 Å². The predicted molar refractivity (Wildman–Crippen MR) is 83.7 cm³/mol. The number of aromatic nitrogens is 2. The van der Waals surface area contributed by atoms with E-state index in [2.05, 4.69) is 34.4 Å². The van der Waals surface area contributed by atoms with Crippen LogP contribution in [0.3, 0.4) is 0 Å². The van der Waals surface area contributed by atoms with Crippen molar-refractivity contribution in [3.8, 4) is 11.4 Å². The van der Waals surface area contributed by atoms with Gasteiger partial charge in [0.2, 0.25) is 11.7 Å². The molecule has 0 saturated carbocycles. The lowest BCUT2D eigenvalue weighted by Gasteiger charge is -2.20. The van der Waals surface area contributed by atoms with Gasteiger partial charge in [-0.25, -0.2) is 0 Å². The molecule has 0 radical (unpaired) electrons. The minimum Gasteiger partial charge on any atom is -0.337 e. The standard InChI is InChI=1S/C17H19N3O/c1-3-17(18,4-2)16-19-15(20-21-16)14-10-9-12-7-5-6-8-13(12)11-14/h5-11H,3-4,18H2,1-2H3. The Bertz CT molecular complexity index is 759. The second-order valence-corrected chi connectivity index (χ2v) is 5.35. The van der Waals surface area contributed by atoms with Crippen LogP contribution in [0.2, 0.25) is 0 Å². The molecule has 0 saturated heterocycles. The number of hydrogen-bond donors (Lipinski definition) is 1. The van der Waals surface area contributed by atoms with Crippen LogP contribution in [0.1, 0.15) is 32.6 Å². The van der Waals surface area contributed by atoms with Crippen LogP contribution in [-0.2, 0) is 5.54 Å². The maximum atomic E-state index is 6.30. The fraction of sp³-hybridized carbons (Fsp3) is 0.294. The molecule has 108 valence electrons. The van der Waals surface area contributed by atoms with E-state index in [4.69, 9.17) is 10.3 Å². The molecule has 0 amide bonds. The molecular weight excluding hydrogens is 262 g/mol. The van der Waals surface area contributed by atoms with Crippen LogP contribution in [0.15, 0.2) is 47.0 Å². The third-order valence-electron chi connectivity index (χ3n) is 4.12. The van der Waals surface area contributed by atoms with E-state index in [9.17, 15) is 0 Å². The van der Waals surface area contributed by atoms with E-state index in [0.717, 1.165) is 23.8 Å². The van der Waals surface area contributed by atoms with E-state index < -0.39 is 5.54 Å². The highest BCUT2D eigenvalue weighted by Crippen LogP contribution is 2.27. The van der Waals surface area contributed by atoms with Gasteiger partial charge >= 0.3 is 0 Å². The molecule has 1 heterocycles. The molecular formula is C17H19N3O. The molecule has 3 rings (SSSR count). The molecule has 4 nitrogen and oxygen atoms in total. The van der Waals surface area contributed by atoms with Crippen molar-refractivity contribution in [1.29, 1.82) is 0 Å². The zero-order chi connectivity index (χ0) is 14.9. The van der Waals surface area contributed by atoms with Gasteiger partial charge in [-0.2, -0.15) is 4.98 Å². The average Bonchev–Trinajstić information content (AvgIpc) is 3.04. The van der Waals surface area contributed by atoms with Crippen LogP contribution in [0.25, 0.3) is 22.2 Å². The van der Waals surface area contributed by atoms with E-state index in [0.29, 0.717) is 11.7 Å². The van der Waals surface area contributed by atoms with Crippen molar-refractivity contribution in [3.05, 3.63) is 48.4 Å². The van der Waals surface area contributed by atoms with E-state index in [1.54, 1.807) is 0 Å². The van der Waals surface area contributed by atoms with Gasteiger partial charge in [0.1, 0.15) is 0 Å². The lowest BCUT2D eigenvalue weighted by atomic mass is 9.94. The van der Waals surface area contributed by atoms with Gasteiger partial charge in [0.15, 0.2) is 0 Å². The van der Waals surface area contributed by atoms with Crippen LogP contribution < -0.4 is 5.73 Å². The number of fused-ring (bicyclic) bond motifs is 1. The Morgan fingerprint density at radius 2 is 1.76 bits per heavy atom. The summed E-state index contributed by atoms with van der Waals surface area (Å²) < 4.78 is 5.39. The van der Waals surface area contributed by atoms with E-state index >= 15 is 0 Å². The quantitative estimate of drug-likeness (QED) is 0.788. The van der Waals surface area contributed by atoms with Crippen molar-refractivity contribution >= 4 is 10.8 Å². The van der Waals surface area contributed by atoms with Gasteiger partial charge in [-0.05, 0) is 29.7 Å². The summed E-state index contributed by atoms with van der Waals surface area (Å²) in [6, 6.07) is 14.3. The number of nitrogens with zero attached hydrogens (tertiary/aromatic N) is 2. The molecule has 0 fully saturated rings.